The highest BCUT2D eigenvalue weighted by Crippen LogP contribution is 2.20. The number of nitrogens with zero attached hydrogens (tertiary/aromatic N) is 2. The van der Waals surface area contributed by atoms with Gasteiger partial charge in [0.1, 0.15) is 17.5 Å². The number of nitrogens with one attached hydrogen (secondary N) is 2. The Kier molecular flexibility index (Phi) is 4.53. The van der Waals surface area contributed by atoms with E-state index in [1.54, 1.807) is 48.8 Å². The molecule has 0 atom stereocenters. The van der Waals surface area contributed by atoms with Crippen molar-refractivity contribution >= 4 is 23.4 Å². The Hall–Kier alpha value is -3.19. The Morgan fingerprint density at radius 1 is 1.04 bits per heavy atom. The number of carbonyl (C=O) groups is 2. The molecule has 0 radical (unpaired) electrons. The van der Waals surface area contributed by atoms with E-state index in [4.69, 9.17) is 16.1 Å². The Morgan fingerprint density at radius 3 is 2.50 bits per heavy atom. The maximum absolute atomic E-state index is 12.2. The second-order valence-corrected chi connectivity index (χ2v) is 5.17. The number of hydrazine groups is 1. The van der Waals surface area contributed by atoms with Gasteiger partial charge in [-0.05, 0) is 36.4 Å². The van der Waals surface area contributed by atoms with Crippen LogP contribution < -0.4 is 10.9 Å². The van der Waals surface area contributed by atoms with Crippen molar-refractivity contribution in [3.8, 4) is 11.3 Å². The first-order valence-electron chi connectivity index (χ1n) is 6.86. The van der Waals surface area contributed by atoms with Crippen LogP contribution in [0.1, 0.15) is 20.7 Å². The summed E-state index contributed by atoms with van der Waals surface area (Å²) in [6.45, 7) is 0. The molecule has 0 spiro atoms. The van der Waals surface area contributed by atoms with Crippen LogP contribution in [-0.4, -0.2) is 22.0 Å². The Labute approximate surface area is 141 Å². The van der Waals surface area contributed by atoms with Crippen molar-refractivity contribution < 1.29 is 14.1 Å². The Balaban J connectivity index is 1.69. The van der Waals surface area contributed by atoms with E-state index >= 15 is 0 Å². The molecule has 3 rings (SSSR count). The summed E-state index contributed by atoms with van der Waals surface area (Å²) in [7, 11) is 0. The van der Waals surface area contributed by atoms with Crippen molar-refractivity contribution in [1.82, 2.24) is 21.0 Å². The fourth-order valence-electron chi connectivity index (χ4n) is 1.96. The zero-order valence-electron chi connectivity index (χ0n) is 12.2. The fourth-order valence-corrected chi connectivity index (χ4v) is 2.09. The van der Waals surface area contributed by atoms with E-state index < -0.39 is 11.8 Å². The number of rotatable bonds is 3. The maximum Gasteiger partial charge on any atom is 0.275 e. The first kappa shape index (κ1) is 15.7. The summed E-state index contributed by atoms with van der Waals surface area (Å²) in [5, 5.41) is 4.31. The molecule has 2 heterocycles. The van der Waals surface area contributed by atoms with Crippen LogP contribution in [-0.2, 0) is 0 Å². The topological polar surface area (TPSA) is 97.1 Å². The van der Waals surface area contributed by atoms with Crippen LogP contribution in [0.5, 0.6) is 0 Å². The molecule has 0 aliphatic heterocycles. The smallest absolute Gasteiger partial charge is 0.275 e. The lowest BCUT2D eigenvalue weighted by Gasteiger charge is -2.07. The van der Waals surface area contributed by atoms with Crippen LogP contribution in [0.25, 0.3) is 11.3 Å². The standard InChI is InChI=1S/C16H11ClN4O3/c17-12-5-3-10(4-6-12)15(22)19-20-16(23)13-9-24-21-14(13)11-2-1-7-18-8-11/h1-9H,(H,19,22)(H,20,23). The van der Waals surface area contributed by atoms with Crippen LogP contribution in [0.2, 0.25) is 5.02 Å². The molecule has 24 heavy (non-hydrogen) atoms. The van der Waals surface area contributed by atoms with Crippen LogP contribution in [0.15, 0.2) is 59.6 Å². The minimum absolute atomic E-state index is 0.180. The van der Waals surface area contributed by atoms with Gasteiger partial charge >= 0.3 is 0 Å². The lowest BCUT2D eigenvalue weighted by atomic mass is 10.1. The molecule has 0 aliphatic rings. The van der Waals surface area contributed by atoms with Crippen molar-refractivity contribution in [2.45, 2.75) is 0 Å². The predicted molar refractivity (Wildman–Crippen MR) is 86.1 cm³/mol. The molecule has 8 heteroatoms. The van der Waals surface area contributed by atoms with E-state index in [1.807, 2.05) is 0 Å². The van der Waals surface area contributed by atoms with Crippen molar-refractivity contribution in [1.29, 1.82) is 0 Å². The van der Waals surface area contributed by atoms with Gasteiger partial charge in [-0.1, -0.05) is 16.8 Å². The molecule has 2 amide bonds. The lowest BCUT2D eigenvalue weighted by molar-refractivity contribution is 0.0846. The molecule has 0 bridgehead atoms. The van der Waals surface area contributed by atoms with Gasteiger partial charge < -0.3 is 4.52 Å². The number of halogens is 1. The highest BCUT2D eigenvalue weighted by Gasteiger charge is 2.18. The molecule has 2 aromatic heterocycles. The molecule has 0 unspecified atom stereocenters. The molecule has 3 aromatic rings. The number of benzene rings is 1. The summed E-state index contributed by atoms with van der Waals surface area (Å²) < 4.78 is 4.86. The summed E-state index contributed by atoms with van der Waals surface area (Å²) in [5.74, 6) is -1.03. The zero-order chi connectivity index (χ0) is 16.9. The molecule has 120 valence electrons. The van der Waals surface area contributed by atoms with Crippen LogP contribution in [0, 0.1) is 0 Å². The summed E-state index contributed by atoms with van der Waals surface area (Å²) >= 11 is 5.76. The van der Waals surface area contributed by atoms with Crippen LogP contribution in [0.4, 0.5) is 0 Å². The third-order valence-corrected chi connectivity index (χ3v) is 3.40. The maximum atomic E-state index is 12.2. The first-order chi connectivity index (χ1) is 11.6. The number of carbonyl (C=O) groups excluding carboxylic acids is 2. The quantitative estimate of drug-likeness (QED) is 0.713. The van der Waals surface area contributed by atoms with E-state index in [0.29, 0.717) is 21.8 Å². The Bertz CT molecular complexity index is 863. The van der Waals surface area contributed by atoms with E-state index in [0.717, 1.165) is 0 Å². The molecule has 0 fully saturated rings. The van der Waals surface area contributed by atoms with Gasteiger partial charge in [0.05, 0.1) is 0 Å². The van der Waals surface area contributed by atoms with E-state index in [9.17, 15) is 9.59 Å². The summed E-state index contributed by atoms with van der Waals surface area (Å²) in [6.07, 6.45) is 4.36. The van der Waals surface area contributed by atoms with Gasteiger partial charge in [-0.15, -0.1) is 0 Å². The fraction of sp³-hybridized carbons (Fsp3) is 0. The second kappa shape index (κ2) is 6.93. The second-order valence-electron chi connectivity index (χ2n) is 4.73. The number of hydrogen-bond acceptors (Lipinski definition) is 5. The minimum Gasteiger partial charge on any atom is -0.363 e. The number of hydrogen-bond donors (Lipinski definition) is 2. The van der Waals surface area contributed by atoms with Crippen molar-refractivity contribution in [3.05, 3.63) is 71.2 Å². The van der Waals surface area contributed by atoms with E-state index in [1.165, 1.54) is 6.26 Å². The highest BCUT2D eigenvalue weighted by atomic mass is 35.5. The van der Waals surface area contributed by atoms with E-state index in [-0.39, 0.29) is 5.56 Å². The number of pyridine rings is 1. The highest BCUT2D eigenvalue weighted by molar-refractivity contribution is 6.30. The molecule has 0 saturated heterocycles. The average Bonchev–Trinajstić information content (AvgIpc) is 3.10. The van der Waals surface area contributed by atoms with Crippen molar-refractivity contribution in [2.24, 2.45) is 0 Å². The summed E-state index contributed by atoms with van der Waals surface area (Å²) in [4.78, 5) is 28.2. The van der Waals surface area contributed by atoms with Gasteiger partial charge in [0, 0.05) is 28.5 Å². The average molecular weight is 343 g/mol. The SMILES string of the molecule is O=C(NNC(=O)c1conc1-c1cccnc1)c1ccc(Cl)cc1. The zero-order valence-corrected chi connectivity index (χ0v) is 12.9. The molecule has 0 aliphatic carbocycles. The lowest BCUT2D eigenvalue weighted by Crippen LogP contribution is -2.41. The summed E-state index contributed by atoms with van der Waals surface area (Å²) in [5.41, 5.74) is 6.13. The molecular weight excluding hydrogens is 332 g/mol. The molecular formula is C16H11ClN4O3. The largest absolute Gasteiger partial charge is 0.363 e. The van der Waals surface area contributed by atoms with Gasteiger partial charge in [-0.2, -0.15) is 0 Å². The summed E-state index contributed by atoms with van der Waals surface area (Å²) in [6, 6.07) is 9.72. The molecule has 1 aromatic carbocycles. The number of amides is 2. The normalized spacial score (nSPS) is 10.2. The third-order valence-electron chi connectivity index (χ3n) is 3.15. The van der Waals surface area contributed by atoms with Crippen molar-refractivity contribution in [3.63, 3.8) is 0 Å². The van der Waals surface area contributed by atoms with Gasteiger partial charge in [-0.25, -0.2) is 0 Å². The van der Waals surface area contributed by atoms with Crippen molar-refractivity contribution in [2.75, 3.05) is 0 Å². The minimum atomic E-state index is -0.558. The predicted octanol–water partition coefficient (Wildman–Crippen LogP) is 2.46. The van der Waals surface area contributed by atoms with E-state index in [2.05, 4.69) is 21.0 Å². The number of aromatic nitrogens is 2. The Morgan fingerprint density at radius 2 is 1.79 bits per heavy atom. The molecule has 0 saturated carbocycles. The third kappa shape index (κ3) is 3.41. The van der Waals surface area contributed by atoms with Gasteiger partial charge in [0.2, 0.25) is 0 Å². The monoisotopic (exact) mass is 342 g/mol. The molecule has 2 N–H and O–H groups in total. The van der Waals surface area contributed by atoms with Crippen LogP contribution in [0.3, 0.4) is 0 Å². The van der Waals surface area contributed by atoms with Crippen LogP contribution >= 0.6 is 11.6 Å². The van der Waals surface area contributed by atoms with Gasteiger partial charge in [0.25, 0.3) is 11.8 Å². The van der Waals surface area contributed by atoms with Gasteiger partial charge in [-0.3, -0.25) is 25.4 Å². The van der Waals surface area contributed by atoms with Gasteiger partial charge in [0.15, 0.2) is 0 Å². The first-order valence-corrected chi connectivity index (χ1v) is 7.24. The molecule has 7 nitrogen and oxygen atoms in total.